The first-order chi connectivity index (χ1) is 7.56. The lowest BCUT2D eigenvalue weighted by Gasteiger charge is -2.30. The molecule has 90 valence electrons. The third kappa shape index (κ3) is 1.87. The van der Waals surface area contributed by atoms with Crippen molar-refractivity contribution in [3.8, 4) is 0 Å². The zero-order valence-electron chi connectivity index (χ0n) is 10.6. The maximum atomic E-state index is 5.31. The normalized spacial score (nSPS) is 16.2. The molecule has 4 heteroatoms. The van der Waals surface area contributed by atoms with Crippen LogP contribution in [0.4, 0.5) is 0 Å². The van der Waals surface area contributed by atoms with Gasteiger partial charge >= 0.3 is 0 Å². The third-order valence-corrected chi connectivity index (χ3v) is 3.16. The number of fused-ring (bicyclic) bond motifs is 1. The fourth-order valence-electron chi connectivity index (χ4n) is 2.67. The van der Waals surface area contributed by atoms with E-state index < -0.39 is 0 Å². The first-order valence-corrected chi connectivity index (χ1v) is 5.83. The summed E-state index contributed by atoms with van der Waals surface area (Å²) >= 11 is 0. The molecule has 0 saturated heterocycles. The van der Waals surface area contributed by atoms with E-state index >= 15 is 0 Å². The van der Waals surface area contributed by atoms with Crippen LogP contribution in [0.1, 0.15) is 31.1 Å². The van der Waals surface area contributed by atoms with E-state index in [0.717, 1.165) is 25.3 Å². The molecule has 0 aliphatic carbocycles. The average Bonchev–Trinajstić information content (AvgIpc) is 2.53. The van der Waals surface area contributed by atoms with Gasteiger partial charge < -0.3 is 14.6 Å². The van der Waals surface area contributed by atoms with Gasteiger partial charge in [0.15, 0.2) is 0 Å². The molecule has 0 fully saturated rings. The van der Waals surface area contributed by atoms with Gasteiger partial charge in [-0.2, -0.15) is 0 Å². The SMILES string of the molecule is COCC(C)(C)n1c(C)nc2c1CCNC2. The molecule has 0 radical (unpaired) electrons. The Morgan fingerprint density at radius 3 is 2.94 bits per heavy atom. The second-order valence-corrected chi connectivity index (χ2v) is 5.06. The standard InChI is InChI=1S/C12H21N3O/c1-9-14-10-7-13-6-5-11(10)15(9)12(2,3)8-16-4/h13H,5-8H2,1-4H3. The largest absolute Gasteiger partial charge is 0.382 e. The summed E-state index contributed by atoms with van der Waals surface area (Å²) in [4.78, 5) is 4.64. The average molecular weight is 223 g/mol. The summed E-state index contributed by atoms with van der Waals surface area (Å²) in [5.41, 5.74) is 2.56. The summed E-state index contributed by atoms with van der Waals surface area (Å²) in [5.74, 6) is 1.09. The van der Waals surface area contributed by atoms with Crippen LogP contribution >= 0.6 is 0 Å². The van der Waals surface area contributed by atoms with Crippen LogP contribution in [0, 0.1) is 6.92 Å². The van der Waals surface area contributed by atoms with Crippen molar-refractivity contribution < 1.29 is 4.74 Å². The molecule has 0 atom stereocenters. The van der Waals surface area contributed by atoms with Crippen molar-refractivity contribution in [2.45, 2.75) is 39.3 Å². The minimum absolute atomic E-state index is 0.0171. The van der Waals surface area contributed by atoms with Crippen LogP contribution in [-0.2, 0) is 23.2 Å². The molecule has 1 N–H and O–H groups in total. The van der Waals surface area contributed by atoms with Crippen molar-refractivity contribution in [3.05, 3.63) is 17.2 Å². The summed E-state index contributed by atoms with van der Waals surface area (Å²) in [7, 11) is 1.75. The van der Waals surface area contributed by atoms with E-state index in [-0.39, 0.29) is 5.54 Å². The van der Waals surface area contributed by atoms with Gasteiger partial charge in [0.2, 0.25) is 0 Å². The topological polar surface area (TPSA) is 39.1 Å². The number of rotatable bonds is 3. The number of nitrogens with zero attached hydrogens (tertiary/aromatic N) is 2. The van der Waals surface area contributed by atoms with Crippen LogP contribution in [-0.4, -0.2) is 29.8 Å². The summed E-state index contributed by atoms with van der Waals surface area (Å²) < 4.78 is 7.65. The van der Waals surface area contributed by atoms with Crippen LogP contribution in [0.15, 0.2) is 0 Å². The van der Waals surface area contributed by atoms with Gasteiger partial charge in [-0.25, -0.2) is 4.98 Å². The minimum atomic E-state index is -0.0171. The Morgan fingerprint density at radius 2 is 2.25 bits per heavy atom. The fraction of sp³-hybridized carbons (Fsp3) is 0.750. The molecular weight excluding hydrogens is 202 g/mol. The second kappa shape index (κ2) is 4.18. The quantitative estimate of drug-likeness (QED) is 0.837. The molecule has 0 aromatic carbocycles. The minimum Gasteiger partial charge on any atom is -0.382 e. The number of aryl methyl sites for hydroxylation is 1. The highest BCUT2D eigenvalue weighted by Gasteiger charge is 2.28. The van der Waals surface area contributed by atoms with Gasteiger partial charge in [0, 0.05) is 32.3 Å². The number of nitrogens with one attached hydrogen (secondary N) is 1. The number of aromatic nitrogens is 2. The lowest BCUT2D eigenvalue weighted by atomic mass is 10.0. The van der Waals surface area contributed by atoms with E-state index in [2.05, 4.69) is 35.6 Å². The van der Waals surface area contributed by atoms with Crippen molar-refractivity contribution in [1.82, 2.24) is 14.9 Å². The molecule has 2 rings (SSSR count). The third-order valence-electron chi connectivity index (χ3n) is 3.16. The van der Waals surface area contributed by atoms with E-state index in [4.69, 9.17) is 4.74 Å². The van der Waals surface area contributed by atoms with Crippen LogP contribution in [0.25, 0.3) is 0 Å². The number of hydrogen-bond acceptors (Lipinski definition) is 3. The molecule has 0 unspecified atom stereocenters. The van der Waals surface area contributed by atoms with Crippen LogP contribution in [0.5, 0.6) is 0 Å². The van der Waals surface area contributed by atoms with Crippen molar-refractivity contribution in [2.24, 2.45) is 0 Å². The summed E-state index contributed by atoms with van der Waals surface area (Å²) in [6.07, 6.45) is 1.06. The van der Waals surface area contributed by atoms with Crippen molar-refractivity contribution in [3.63, 3.8) is 0 Å². The Hall–Kier alpha value is -0.870. The van der Waals surface area contributed by atoms with Gasteiger partial charge in [0.25, 0.3) is 0 Å². The number of imidazole rings is 1. The van der Waals surface area contributed by atoms with Crippen molar-refractivity contribution in [1.29, 1.82) is 0 Å². The van der Waals surface area contributed by atoms with Crippen molar-refractivity contribution in [2.75, 3.05) is 20.3 Å². The Labute approximate surface area is 97.0 Å². The number of ether oxygens (including phenoxy) is 1. The highest BCUT2D eigenvalue weighted by Crippen LogP contribution is 2.25. The predicted octanol–water partition coefficient (Wildman–Crippen LogP) is 1.22. The first kappa shape index (κ1) is 11.6. The molecule has 1 aromatic heterocycles. The Morgan fingerprint density at radius 1 is 1.50 bits per heavy atom. The van der Waals surface area contributed by atoms with E-state index in [0.29, 0.717) is 6.61 Å². The van der Waals surface area contributed by atoms with Crippen molar-refractivity contribution >= 4 is 0 Å². The van der Waals surface area contributed by atoms with Gasteiger partial charge in [0.05, 0.1) is 17.8 Å². The maximum Gasteiger partial charge on any atom is 0.106 e. The second-order valence-electron chi connectivity index (χ2n) is 5.06. The molecule has 1 aliphatic rings. The summed E-state index contributed by atoms with van der Waals surface area (Å²) in [6.45, 7) is 9.13. The highest BCUT2D eigenvalue weighted by molar-refractivity contribution is 5.22. The molecule has 0 amide bonds. The van der Waals surface area contributed by atoms with E-state index in [9.17, 15) is 0 Å². The molecule has 0 spiro atoms. The van der Waals surface area contributed by atoms with Crippen LogP contribution in [0.3, 0.4) is 0 Å². The molecule has 1 aliphatic heterocycles. The highest BCUT2D eigenvalue weighted by atomic mass is 16.5. The van der Waals surface area contributed by atoms with Crippen LogP contribution < -0.4 is 5.32 Å². The molecule has 0 bridgehead atoms. The maximum absolute atomic E-state index is 5.31. The Kier molecular flexibility index (Phi) is 3.04. The first-order valence-electron chi connectivity index (χ1n) is 5.83. The fourth-order valence-corrected chi connectivity index (χ4v) is 2.67. The predicted molar refractivity (Wildman–Crippen MR) is 63.6 cm³/mol. The Balaban J connectivity index is 2.43. The van der Waals surface area contributed by atoms with E-state index in [1.807, 2.05) is 0 Å². The van der Waals surface area contributed by atoms with Crippen LogP contribution in [0.2, 0.25) is 0 Å². The van der Waals surface area contributed by atoms with Gasteiger partial charge in [-0.05, 0) is 20.8 Å². The molecular formula is C12H21N3O. The smallest absolute Gasteiger partial charge is 0.106 e. The zero-order valence-corrected chi connectivity index (χ0v) is 10.6. The number of methoxy groups -OCH3 is 1. The lowest BCUT2D eigenvalue weighted by Crippen LogP contribution is -2.35. The Bertz CT molecular complexity index is 382. The lowest BCUT2D eigenvalue weighted by molar-refractivity contribution is 0.106. The molecule has 1 aromatic rings. The van der Waals surface area contributed by atoms with E-state index in [1.54, 1.807) is 7.11 Å². The number of hydrogen-bond donors (Lipinski definition) is 1. The van der Waals surface area contributed by atoms with Gasteiger partial charge in [-0.3, -0.25) is 0 Å². The molecule has 2 heterocycles. The van der Waals surface area contributed by atoms with Gasteiger partial charge in [-0.15, -0.1) is 0 Å². The monoisotopic (exact) mass is 223 g/mol. The molecule has 4 nitrogen and oxygen atoms in total. The van der Waals surface area contributed by atoms with Gasteiger partial charge in [0.1, 0.15) is 5.82 Å². The molecule has 16 heavy (non-hydrogen) atoms. The summed E-state index contributed by atoms with van der Waals surface area (Å²) in [6, 6.07) is 0. The summed E-state index contributed by atoms with van der Waals surface area (Å²) in [5, 5.41) is 3.36. The van der Waals surface area contributed by atoms with Gasteiger partial charge in [-0.1, -0.05) is 0 Å². The molecule has 0 saturated carbocycles. The zero-order chi connectivity index (χ0) is 11.8. The van der Waals surface area contributed by atoms with E-state index in [1.165, 1.54) is 11.4 Å².